The predicted octanol–water partition coefficient (Wildman–Crippen LogP) is 0.265. The molecule has 0 spiro atoms. The molecule has 64 valence electrons. The molecule has 0 bridgehead atoms. The number of rotatable bonds is 1. The molecule has 0 aliphatic carbocycles. The van der Waals surface area contributed by atoms with E-state index in [0.717, 1.165) is 0 Å². The Morgan fingerprint density at radius 2 is 2.27 bits per heavy atom. The third-order valence-corrected chi connectivity index (χ3v) is 1.46. The molecule has 1 fully saturated rings. The van der Waals surface area contributed by atoms with Gasteiger partial charge in [0.15, 0.2) is 6.10 Å². The van der Waals surface area contributed by atoms with E-state index in [-0.39, 0.29) is 6.61 Å². The lowest BCUT2D eigenvalue weighted by atomic mass is 10.1. The number of hydrogen-bond donors (Lipinski definition) is 1. The number of ether oxygens (including phenoxy) is 2. The zero-order chi connectivity index (χ0) is 8.48. The van der Waals surface area contributed by atoms with Crippen LogP contribution in [0.25, 0.3) is 0 Å². The van der Waals surface area contributed by atoms with E-state index in [1.165, 1.54) is 0 Å². The van der Waals surface area contributed by atoms with Crippen molar-refractivity contribution in [3.05, 3.63) is 0 Å². The van der Waals surface area contributed by atoms with Crippen LogP contribution >= 0.6 is 0 Å². The summed E-state index contributed by atoms with van der Waals surface area (Å²) in [6.45, 7) is 4.22. The Hall–Kier alpha value is -0.610. The molecule has 0 aromatic rings. The molecule has 0 aromatic heterocycles. The van der Waals surface area contributed by atoms with Crippen LogP contribution in [0.15, 0.2) is 0 Å². The maximum absolute atomic E-state index is 10.4. The van der Waals surface area contributed by atoms with Crippen molar-refractivity contribution in [2.45, 2.75) is 25.6 Å². The number of carboxylic acid groups (broad SMARTS) is 1. The van der Waals surface area contributed by atoms with Gasteiger partial charge in [0.05, 0.1) is 18.8 Å². The van der Waals surface area contributed by atoms with E-state index in [2.05, 4.69) is 0 Å². The van der Waals surface area contributed by atoms with Crippen molar-refractivity contribution in [3.8, 4) is 0 Å². The van der Waals surface area contributed by atoms with Gasteiger partial charge in [-0.2, -0.15) is 0 Å². The molecule has 0 unspecified atom stereocenters. The summed E-state index contributed by atoms with van der Waals surface area (Å²) in [6.07, 6.45) is -0.807. The largest absolute Gasteiger partial charge is 0.479 e. The molecule has 1 rings (SSSR count). The molecule has 1 aliphatic rings. The van der Waals surface area contributed by atoms with Gasteiger partial charge >= 0.3 is 5.97 Å². The minimum atomic E-state index is -0.960. The lowest BCUT2D eigenvalue weighted by molar-refractivity contribution is -0.200. The van der Waals surface area contributed by atoms with Gasteiger partial charge in [-0.25, -0.2) is 4.79 Å². The van der Waals surface area contributed by atoms with E-state index in [1.807, 2.05) is 13.8 Å². The first-order valence-electron chi connectivity index (χ1n) is 3.50. The lowest BCUT2D eigenvalue weighted by Crippen LogP contribution is -2.46. The highest BCUT2D eigenvalue weighted by Gasteiger charge is 2.33. The fourth-order valence-corrected chi connectivity index (χ4v) is 0.987. The van der Waals surface area contributed by atoms with E-state index < -0.39 is 17.7 Å². The third kappa shape index (κ3) is 2.17. The third-order valence-electron chi connectivity index (χ3n) is 1.46. The van der Waals surface area contributed by atoms with Gasteiger partial charge in [0.25, 0.3) is 0 Å². The Labute approximate surface area is 65.1 Å². The molecule has 1 heterocycles. The van der Waals surface area contributed by atoms with Crippen molar-refractivity contribution in [2.75, 3.05) is 13.2 Å². The van der Waals surface area contributed by atoms with Crippen molar-refractivity contribution >= 4 is 5.97 Å². The van der Waals surface area contributed by atoms with Crippen LogP contribution in [-0.2, 0) is 14.3 Å². The number of hydrogen-bond acceptors (Lipinski definition) is 3. The number of carbonyl (C=O) groups is 1. The summed E-state index contributed by atoms with van der Waals surface area (Å²) in [5.74, 6) is -0.960. The maximum atomic E-state index is 10.4. The quantitative estimate of drug-likeness (QED) is 0.598. The summed E-state index contributed by atoms with van der Waals surface area (Å²) in [7, 11) is 0. The van der Waals surface area contributed by atoms with Crippen LogP contribution in [0.3, 0.4) is 0 Å². The molecule has 1 aliphatic heterocycles. The van der Waals surface area contributed by atoms with Crippen LogP contribution in [0.4, 0.5) is 0 Å². The summed E-state index contributed by atoms with van der Waals surface area (Å²) in [5.41, 5.74) is -0.471. The highest BCUT2D eigenvalue weighted by atomic mass is 16.6. The normalized spacial score (nSPS) is 29.8. The second kappa shape index (κ2) is 2.79. The van der Waals surface area contributed by atoms with Gasteiger partial charge in [-0.1, -0.05) is 0 Å². The minimum absolute atomic E-state index is 0.152. The smallest absolute Gasteiger partial charge is 0.335 e. The molecule has 0 aromatic carbocycles. The summed E-state index contributed by atoms with van der Waals surface area (Å²) >= 11 is 0. The minimum Gasteiger partial charge on any atom is -0.479 e. The average Bonchev–Trinajstić information content (AvgIpc) is 1.85. The predicted molar refractivity (Wildman–Crippen MR) is 37.4 cm³/mol. The van der Waals surface area contributed by atoms with Gasteiger partial charge in [-0.05, 0) is 13.8 Å². The van der Waals surface area contributed by atoms with E-state index in [0.29, 0.717) is 6.61 Å². The Balaban J connectivity index is 2.53. The zero-order valence-corrected chi connectivity index (χ0v) is 6.66. The van der Waals surface area contributed by atoms with Gasteiger partial charge in [-0.15, -0.1) is 0 Å². The fraction of sp³-hybridized carbons (Fsp3) is 0.857. The summed E-state index contributed by atoms with van der Waals surface area (Å²) in [6, 6.07) is 0. The molecule has 1 N–H and O–H groups in total. The van der Waals surface area contributed by atoms with Gasteiger partial charge in [-0.3, -0.25) is 0 Å². The topological polar surface area (TPSA) is 55.8 Å². The monoisotopic (exact) mass is 160 g/mol. The second-order valence-electron chi connectivity index (χ2n) is 3.22. The number of aliphatic carboxylic acids is 1. The van der Waals surface area contributed by atoms with Gasteiger partial charge in [0.2, 0.25) is 0 Å². The highest BCUT2D eigenvalue weighted by Crippen LogP contribution is 2.18. The van der Waals surface area contributed by atoms with Crippen molar-refractivity contribution < 1.29 is 19.4 Å². The van der Waals surface area contributed by atoms with Crippen molar-refractivity contribution in [1.29, 1.82) is 0 Å². The first-order valence-corrected chi connectivity index (χ1v) is 3.50. The Bertz CT molecular complexity index is 164. The summed E-state index contributed by atoms with van der Waals surface area (Å²) < 4.78 is 10.3. The van der Waals surface area contributed by atoms with Crippen LogP contribution in [-0.4, -0.2) is 36.0 Å². The summed E-state index contributed by atoms with van der Waals surface area (Å²) in [4.78, 5) is 10.4. The van der Waals surface area contributed by atoms with Gasteiger partial charge in [0, 0.05) is 0 Å². The van der Waals surface area contributed by atoms with Crippen LogP contribution in [0.1, 0.15) is 13.8 Å². The molecule has 0 radical (unpaired) electrons. The molecule has 0 amide bonds. The van der Waals surface area contributed by atoms with E-state index in [4.69, 9.17) is 14.6 Å². The maximum Gasteiger partial charge on any atom is 0.335 e. The molecule has 4 heteroatoms. The first-order chi connectivity index (χ1) is 5.01. The van der Waals surface area contributed by atoms with Crippen LogP contribution in [0.2, 0.25) is 0 Å². The zero-order valence-electron chi connectivity index (χ0n) is 6.66. The van der Waals surface area contributed by atoms with Crippen molar-refractivity contribution in [1.82, 2.24) is 0 Å². The van der Waals surface area contributed by atoms with Gasteiger partial charge < -0.3 is 14.6 Å². The first kappa shape index (κ1) is 8.49. The molecule has 1 atom stereocenters. The van der Waals surface area contributed by atoms with Crippen LogP contribution in [0.5, 0.6) is 0 Å². The Morgan fingerprint density at radius 3 is 2.64 bits per heavy atom. The van der Waals surface area contributed by atoms with Crippen molar-refractivity contribution in [3.63, 3.8) is 0 Å². The fourth-order valence-electron chi connectivity index (χ4n) is 0.987. The second-order valence-corrected chi connectivity index (χ2v) is 3.22. The standard InChI is InChI=1S/C7H12O4/c1-7(2)4-10-3-5(11-7)6(8)9/h5H,3-4H2,1-2H3,(H,8,9)/t5-/m1/s1. The van der Waals surface area contributed by atoms with E-state index in [9.17, 15) is 4.79 Å². The van der Waals surface area contributed by atoms with E-state index in [1.54, 1.807) is 0 Å². The average molecular weight is 160 g/mol. The summed E-state index contributed by atoms with van der Waals surface area (Å²) in [5, 5.41) is 8.57. The lowest BCUT2D eigenvalue weighted by Gasteiger charge is -2.33. The molecule has 11 heavy (non-hydrogen) atoms. The van der Waals surface area contributed by atoms with Crippen LogP contribution < -0.4 is 0 Å². The van der Waals surface area contributed by atoms with E-state index >= 15 is 0 Å². The van der Waals surface area contributed by atoms with Crippen LogP contribution in [0, 0.1) is 0 Å². The molecule has 4 nitrogen and oxygen atoms in total. The van der Waals surface area contributed by atoms with Gasteiger partial charge in [0.1, 0.15) is 0 Å². The SMILES string of the molecule is CC1(C)COC[C@H](C(=O)O)O1. The molecule has 1 saturated heterocycles. The molecular formula is C7H12O4. The molecule has 0 saturated carbocycles. The number of carboxylic acids is 1. The van der Waals surface area contributed by atoms with Crippen molar-refractivity contribution in [2.24, 2.45) is 0 Å². The Morgan fingerprint density at radius 1 is 1.64 bits per heavy atom. The highest BCUT2D eigenvalue weighted by molar-refractivity contribution is 5.72. The molecular weight excluding hydrogens is 148 g/mol. The Kier molecular flexibility index (Phi) is 2.15.